The number of carbonyl (C=O) groups excluding carboxylic acids is 1. The molecule has 0 saturated heterocycles. The van der Waals surface area contributed by atoms with Crippen molar-refractivity contribution in [3.63, 3.8) is 0 Å². The van der Waals surface area contributed by atoms with Crippen LogP contribution in [0.3, 0.4) is 0 Å². The zero-order chi connectivity index (χ0) is 23.2. The number of aromatic nitrogens is 2. The maximum Gasteiger partial charge on any atom is 0.271 e. The third-order valence-electron chi connectivity index (χ3n) is 5.35. The molecule has 0 aliphatic heterocycles. The second-order valence-corrected chi connectivity index (χ2v) is 8.18. The number of hydrazone groups is 1. The quantitative estimate of drug-likeness (QED) is 0.213. The molecule has 0 radical (unpaired) electrons. The molecule has 1 amide bonds. The smallest absolute Gasteiger partial charge is 0.271 e. The molecule has 4 aromatic rings. The molecule has 0 spiro atoms. The lowest BCUT2D eigenvalue weighted by atomic mass is 10.1. The maximum atomic E-state index is 12.2. The molecule has 33 heavy (non-hydrogen) atoms. The van der Waals surface area contributed by atoms with Gasteiger partial charge < -0.3 is 9.30 Å². The number of rotatable bonds is 8. The standard InChI is InChI=1S/C26H25ClN4O2/c1-18-14-22(15-19(2)25(18)27)33-13-5-12-31-17-21(23-6-3-4-7-24(23)31)16-29-30-26(32)20-8-10-28-11-9-20/h3-4,6-11,14-17H,5,12-13H2,1-2H3,(H,30,32)/b29-16-. The Morgan fingerprint density at radius 2 is 1.88 bits per heavy atom. The zero-order valence-corrected chi connectivity index (χ0v) is 19.3. The fourth-order valence-corrected chi connectivity index (χ4v) is 3.81. The van der Waals surface area contributed by atoms with Gasteiger partial charge in [-0.3, -0.25) is 9.78 Å². The minimum absolute atomic E-state index is 0.276. The number of pyridine rings is 1. The van der Waals surface area contributed by atoms with Gasteiger partial charge in [-0.2, -0.15) is 5.10 Å². The molecule has 0 fully saturated rings. The van der Waals surface area contributed by atoms with E-state index >= 15 is 0 Å². The molecule has 2 heterocycles. The molecule has 2 aromatic carbocycles. The molecule has 0 aliphatic carbocycles. The first-order valence-electron chi connectivity index (χ1n) is 10.7. The largest absolute Gasteiger partial charge is 0.494 e. The summed E-state index contributed by atoms with van der Waals surface area (Å²) in [5, 5.41) is 6.01. The second-order valence-electron chi connectivity index (χ2n) is 7.80. The SMILES string of the molecule is Cc1cc(OCCCn2cc(/C=N\NC(=O)c3ccncc3)c3ccccc32)cc(C)c1Cl. The van der Waals surface area contributed by atoms with Crippen molar-refractivity contribution in [2.24, 2.45) is 5.10 Å². The molecule has 4 rings (SSSR count). The highest BCUT2D eigenvalue weighted by atomic mass is 35.5. The third kappa shape index (κ3) is 5.41. The monoisotopic (exact) mass is 460 g/mol. The first kappa shape index (κ1) is 22.6. The fourth-order valence-electron chi connectivity index (χ4n) is 3.71. The highest BCUT2D eigenvalue weighted by Crippen LogP contribution is 2.26. The number of amides is 1. The highest BCUT2D eigenvalue weighted by Gasteiger charge is 2.08. The molecule has 7 heteroatoms. The number of nitrogens with zero attached hydrogens (tertiary/aromatic N) is 3. The Hall–Kier alpha value is -3.64. The Balaban J connectivity index is 1.40. The molecule has 1 N–H and O–H groups in total. The van der Waals surface area contributed by atoms with Crippen molar-refractivity contribution in [1.29, 1.82) is 0 Å². The van der Waals surface area contributed by atoms with Crippen molar-refractivity contribution in [2.45, 2.75) is 26.8 Å². The van der Waals surface area contributed by atoms with Crippen molar-refractivity contribution < 1.29 is 9.53 Å². The van der Waals surface area contributed by atoms with Gasteiger partial charge in [0.15, 0.2) is 0 Å². The first-order valence-corrected chi connectivity index (χ1v) is 11.1. The number of ether oxygens (including phenoxy) is 1. The predicted octanol–water partition coefficient (Wildman–Crippen LogP) is 5.54. The number of carbonyl (C=O) groups is 1. The predicted molar refractivity (Wildman–Crippen MR) is 132 cm³/mol. The van der Waals surface area contributed by atoms with E-state index in [9.17, 15) is 4.79 Å². The summed E-state index contributed by atoms with van der Waals surface area (Å²) in [6.07, 6.45) is 7.71. The van der Waals surface area contributed by atoms with Crippen LogP contribution in [0.25, 0.3) is 10.9 Å². The van der Waals surface area contributed by atoms with Crippen LogP contribution in [0.5, 0.6) is 5.75 Å². The minimum atomic E-state index is -0.276. The van der Waals surface area contributed by atoms with Gasteiger partial charge in [-0.15, -0.1) is 0 Å². The van der Waals surface area contributed by atoms with E-state index in [2.05, 4.69) is 26.1 Å². The molecular formula is C26H25ClN4O2. The molecule has 0 unspecified atom stereocenters. The number of hydrogen-bond acceptors (Lipinski definition) is 4. The van der Waals surface area contributed by atoms with Crippen molar-refractivity contribution in [1.82, 2.24) is 15.0 Å². The average Bonchev–Trinajstić information content (AvgIpc) is 3.18. The Kier molecular flexibility index (Phi) is 7.05. The van der Waals surface area contributed by atoms with Gasteiger partial charge in [0.05, 0.1) is 12.8 Å². The van der Waals surface area contributed by atoms with Crippen LogP contribution in [0.1, 0.15) is 33.5 Å². The molecule has 168 valence electrons. The average molecular weight is 461 g/mol. The maximum absolute atomic E-state index is 12.2. The van der Waals surface area contributed by atoms with Crippen molar-refractivity contribution in [3.05, 3.63) is 94.4 Å². The molecule has 0 saturated carbocycles. The minimum Gasteiger partial charge on any atom is -0.494 e. The van der Waals surface area contributed by atoms with Crippen LogP contribution in [-0.2, 0) is 6.54 Å². The number of aryl methyl sites for hydroxylation is 3. The topological polar surface area (TPSA) is 68.5 Å². The van der Waals surface area contributed by atoms with E-state index in [-0.39, 0.29) is 5.91 Å². The molecule has 0 bridgehead atoms. The number of halogens is 1. The summed E-state index contributed by atoms with van der Waals surface area (Å²) in [4.78, 5) is 16.1. The summed E-state index contributed by atoms with van der Waals surface area (Å²) in [5.74, 6) is 0.562. The van der Waals surface area contributed by atoms with E-state index in [4.69, 9.17) is 16.3 Å². The number of hydrogen-bond donors (Lipinski definition) is 1. The van der Waals surface area contributed by atoms with Crippen molar-refractivity contribution >= 4 is 34.6 Å². The lowest BCUT2D eigenvalue weighted by Crippen LogP contribution is -2.17. The van der Waals surface area contributed by atoms with Crippen LogP contribution >= 0.6 is 11.6 Å². The van der Waals surface area contributed by atoms with E-state index in [1.54, 1.807) is 30.7 Å². The van der Waals surface area contributed by atoms with Crippen LogP contribution in [0.2, 0.25) is 5.02 Å². The Morgan fingerprint density at radius 3 is 2.64 bits per heavy atom. The van der Waals surface area contributed by atoms with Crippen molar-refractivity contribution in [3.8, 4) is 5.75 Å². The van der Waals surface area contributed by atoms with E-state index in [1.165, 1.54) is 0 Å². The van der Waals surface area contributed by atoms with Crippen LogP contribution in [0.15, 0.2) is 72.2 Å². The van der Waals surface area contributed by atoms with Gasteiger partial charge in [-0.05, 0) is 61.7 Å². The summed E-state index contributed by atoms with van der Waals surface area (Å²) in [7, 11) is 0. The van der Waals surface area contributed by atoms with Crippen LogP contribution in [0.4, 0.5) is 0 Å². The zero-order valence-electron chi connectivity index (χ0n) is 18.6. The Bertz CT molecular complexity index is 1280. The number of benzene rings is 2. The highest BCUT2D eigenvalue weighted by molar-refractivity contribution is 6.32. The summed E-state index contributed by atoms with van der Waals surface area (Å²) in [6.45, 7) is 5.36. The lowest BCUT2D eigenvalue weighted by Gasteiger charge is -2.10. The van der Waals surface area contributed by atoms with E-state index in [1.807, 2.05) is 50.4 Å². The normalized spacial score (nSPS) is 11.2. The van der Waals surface area contributed by atoms with Gasteiger partial charge in [-0.25, -0.2) is 5.43 Å². The molecule has 6 nitrogen and oxygen atoms in total. The van der Waals surface area contributed by atoms with Gasteiger partial charge in [0.2, 0.25) is 0 Å². The van der Waals surface area contributed by atoms with Crippen LogP contribution in [0, 0.1) is 13.8 Å². The fraction of sp³-hybridized carbons (Fsp3) is 0.192. The summed E-state index contributed by atoms with van der Waals surface area (Å²) in [6, 6.07) is 15.4. The molecular weight excluding hydrogens is 436 g/mol. The lowest BCUT2D eigenvalue weighted by molar-refractivity contribution is 0.0955. The van der Waals surface area contributed by atoms with Crippen LogP contribution in [-0.4, -0.2) is 28.3 Å². The number of fused-ring (bicyclic) bond motifs is 1. The summed E-state index contributed by atoms with van der Waals surface area (Å²) < 4.78 is 8.13. The second kappa shape index (κ2) is 10.3. The number of nitrogens with one attached hydrogen (secondary N) is 1. The van der Waals surface area contributed by atoms with Gasteiger partial charge >= 0.3 is 0 Å². The van der Waals surface area contributed by atoms with Gasteiger partial charge in [-0.1, -0.05) is 29.8 Å². The van der Waals surface area contributed by atoms with Gasteiger partial charge in [0.25, 0.3) is 5.91 Å². The summed E-state index contributed by atoms with van der Waals surface area (Å²) >= 11 is 6.24. The van der Waals surface area contributed by atoms with Gasteiger partial charge in [0.1, 0.15) is 5.75 Å². The van der Waals surface area contributed by atoms with E-state index < -0.39 is 0 Å². The van der Waals surface area contributed by atoms with Gasteiger partial charge in [0, 0.05) is 52.2 Å². The van der Waals surface area contributed by atoms with Crippen molar-refractivity contribution in [2.75, 3.05) is 6.61 Å². The van der Waals surface area contributed by atoms with Crippen LogP contribution < -0.4 is 10.2 Å². The molecule has 0 atom stereocenters. The van der Waals surface area contributed by atoms with E-state index in [0.29, 0.717) is 12.2 Å². The Morgan fingerprint density at radius 1 is 1.15 bits per heavy atom. The third-order valence-corrected chi connectivity index (χ3v) is 5.95. The Labute approximate surface area is 197 Å². The molecule has 2 aromatic heterocycles. The summed E-state index contributed by atoms with van der Waals surface area (Å²) in [5.41, 5.74) is 7.16. The number of para-hydroxylation sites is 1. The molecule has 0 aliphatic rings. The first-order chi connectivity index (χ1) is 16.0. The van der Waals surface area contributed by atoms with E-state index in [0.717, 1.165) is 51.3 Å².